The van der Waals surface area contributed by atoms with Crippen LogP contribution in [0.25, 0.3) is 0 Å². The van der Waals surface area contributed by atoms with Gasteiger partial charge in [-0.2, -0.15) is 8.42 Å². The van der Waals surface area contributed by atoms with Crippen LogP contribution in [-0.4, -0.2) is 36.9 Å². The van der Waals surface area contributed by atoms with E-state index in [0.29, 0.717) is 11.4 Å². The van der Waals surface area contributed by atoms with E-state index < -0.39 is 34.1 Å². The van der Waals surface area contributed by atoms with E-state index in [4.69, 9.17) is 14.3 Å². The summed E-state index contributed by atoms with van der Waals surface area (Å²) in [6.07, 6.45) is 1.30. The van der Waals surface area contributed by atoms with Crippen molar-refractivity contribution in [3.8, 4) is 0 Å². The van der Waals surface area contributed by atoms with E-state index in [0.717, 1.165) is 28.1 Å². The summed E-state index contributed by atoms with van der Waals surface area (Å²) in [5, 5.41) is 3.70. The van der Waals surface area contributed by atoms with Crippen LogP contribution in [0, 0.1) is 12.8 Å². The SMILES string of the molecule is CCc1nc(C(Cc2ccc(NS(=O)(=O)O)cc2)NC(=O)C(Cc2ccccc2)C(=O)OC)sc1C. The maximum absolute atomic E-state index is 13.4. The van der Waals surface area contributed by atoms with Crippen LogP contribution in [0.3, 0.4) is 0 Å². The van der Waals surface area contributed by atoms with E-state index in [2.05, 4.69) is 5.32 Å². The fourth-order valence-electron chi connectivity index (χ4n) is 3.77. The summed E-state index contributed by atoms with van der Waals surface area (Å²) in [5.74, 6) is -2.13. The molecule has 1 amide bonds. The van der Waals surface area contributed by atoms with Gasteiger partial charge in [-0.1, -0.05) is 49.4 Å². The minimum absolute atomic E-state index is 0.194. The van der Waals surface area contributed by atoms with Crippen molar-refractivity contribution in [2.45, 2.75) is 39.2 Å². The lowest BCUT2D eigenvalue weighted by molar-refractivity contribution is -0.150. The average Bonchev–Trinajstić information content (AvgIpc) is 3.23. The molecule has 2 unspecified atom stereocenters. The molecule has 0 fully saturated rings. The fraction of sp³-hybridized carbons (Fsp3) is 0.320. The van der Waals surface area contributed by atoms with Gasteiger partial charge in [-0.3, -0.25) is 18.9 Å². The number of hydrogen-bond donors (Lipinski definition) is 3. The molecule has 0 saturated carbocycles. The smallest absolute Gasteiger partial charge is 0.357 e. The Kier molecular flexibility index (Phi) is 9.19. The molecule has 0 spiro atoms. The van der Waals surface area contributed by atoms with Gasteiger partial charge < -0.3 is 10.1 Å². The molecule has 3 aromatic rings. The third-order valence-corrected chi connectivity index (χ3v) is 7.20. The van der Waals surface area contributed by atoms with Gasteiger partial charge in [0.05, 0.1) is 24.5 Å². The second-order valence-corrected chi connectivity index (χ2v) is 10.6. The van der Waals surface area contributed by atoms with Crippen LogP contribution in [0.4, 0.5) is 5.69 Å². The van der Waals surface area contributed by atoms with Crippen molar-refractivity contribution in [2.75, 3.05) is 11.8 Å². The molecule has 36 heavy (non-hydrogen) atoms. The van der Waals surface area contributed by atoms with Gasteiger partial charge in [-0.25, -0.2) is 4.98 Å². The standard InChI is InChI=1S/C25H29N3O6S2/c1-4-21-16(2)35-24(27-21)22(15-18-10-12-19(13-11-18)28-36(31,32)33)26-23(29)20(25(30)34-3)14-17-8-6-5-7-9-17/h5-13,20,22,28H,4,14-15H2,1-3H3,(H,26,29)(H,31,32,33). The van der Waals surface area contributed by atoms with Crippen LogP contribution in [0.5, 0.6) is 0 Å². The number of thiazole rings is 1. The number of aromatic nitrogens is 1. The van der Waals surface area contributed by atoms with E-state index in [-0.39, 0.29) is 12.1 Å². The van der Waals surface area contributed by atoms with Crippen molar-refractivity contribution in [2.24, 2.45) is 5.92 Å². The Morgan fingerprint density at radius 3 is 2.25 bits per heavy atom. The summed E-state index contributed by atoms with van der Waals surface area (Å²) in [6, 6.07) is 15.1. The number of hydrogen-bond acceptors (Lipinski definition) is 7. The Morgan fingerprint density at radius 2 is 1.69 bits per heavy atom. The Bertz CT molecular complexity index is 1290. The molecular weight excluding hydrogens is 502 g/mol. The lowest BCUT2D eigenvalue weighted by atomic mass is 9.97. The molecule has 0 aliphatic carbocycles. The quantitative estimate of drug-likeness (QED) is 0.195. The van der Waals surface area contributed by atoms with Crippen molar-refractivity contribution >= 4 is 39.2 Å². The monoisotopic (exact) mass is 531 g/mol. The summed E-state index contributed by atoms with van der Waals surface area (Å²) < 4.78 is 38.0. The van der Waals surface area contributed by atoms with Gasteiger partial charge in [0.15, 0.2) is 0 Å². The van der Waals surface area contributed by atoms with Gasteiger partial charge in [0, 0.05) is 4.88 Å². The lowest BCUT2D eigenvalue weighted by Crippen LogP contribution is -2.40. The van der Waals surface area contributed by atoms with Gasteiger partial charge >= 0.3 is 16.3 Å². The number of ether oxygens (including phenoxy) is 1. The lowest BCUT2D eigenvalue weighted by Gasteiger charge is -2.21. The third kappa shape index (κ3) is 7.61. The first kappa shape index (κ1) is 27.3. The van der Waals surface area contributed by atoms with Crippen molar-refractivity contribution < 1.29 is 27.3 Å². The Balaban J connectivity index is 1.87. The Labute approximate surface area is 214 Å². The summed E-state index contributed by atoms with van der Waals surface area (Å²) in [5.41, 5.74) is 2.77. The molecule has 2 aromatic carbocycles. The van der Waals surface area contributed by atoms with Crippen LogP contribution in [0.15, 0.2) is 54.6 Å². The van der Waals surface area contributed by atoms with Crippen LogP contribution in [0.1, 0.15) is 39.7 Å². The van der Waals surface area contributed by atoms with Gasteiger partial charge in [0.2, 0.25) is 5.91 Å². The Morgan fingerprint density at radius 1 is 1.06 bits per heavy atom. The maximum atomic E-state index is 13.4. The summed E-state index contributed by atoms with van der Waals surface area (Å²) in [7, 11) is -3.13. The van der Waals surface area contributed by atoms with Gasteiger partial charge in [0.25, 0.3) is 0 Å². The summed E-state index contributed by atoms with van der Waals surface area (Å²) >= 11 is 1.48. The van der Waals surface area contributed by atoms with E-state index >= 15 is 0 Å². The molecule has 0 bridgehead atoms. The molecule has 0 radical (unpaired) electrons. The first-order valence-electron chi connectivity index (χ1n) is 11.3. The number of carbonyl (C=O) groups excluding carboxylic acids is 2. The number of carbonyl (C=O) groups is 2. The third-order valence-electron chi connectivity index (χ3n) is 5.58. The molecule has 0 aliphatic rings. The van der Waals surface area contributed by atoms with Crippen molar-refractivity contribution in [3.05, 3.63) is 81.3 Å². The number of anilines is 1. The zero-order valence-electron chi connectivity index (χ0n) is 20.2. The molecule has 3 rings (SSSR count). The fourth-order valence-corrected chi connectivity index (χ4v) is 5.26. The maximum Gasteiger partial charge on any atom is 0.357 e. The molecule has 1 aromatic heterocycles. The topological polar surface area (TPSA) is 135 Å². The highest BCUT2D eigenvalue weighted by molar-refractivity contribution is 7.87. The number of aryl methyl sites for hydroxylation is 2. The second kappa shape index (κ2) is 12.1. The highest BCUT2D eigenvalue weighted by Crippen LogP contribution is 2.27. The molecule has 0 aliphatic heterocycles. The molecule has 1 heterocycles. The van der Waals surface area contributed by atoms with Crippen LogP contribution in [-0.2, 0) is 43.9 Å². The van der Waals surface area contributed by atoms with E-state index in [1.807, 2.05) is 48.9 Å². The first-order valence-corrected chi connectivity index (χ1v) is 13.6. The predicted octanol–water partition coefficient (Wildman–Crippen LogP) is 3.66. The molecule has 0 saturated heterocycles. The molecule has 2 atom stereocenters. The van der Waals surface area contributed by atoms with Crippen molar-refractivity contribution in [1.82, 2.24) is 10.3 Å². The van der Waals surface area contributed by atoms with Gasteiger partial charge in [-0.05, 0) is 49.4 Å². The van der Waals surface area contributed by atoms with Crippen LogP contribution >= 0.6 is 11.3 Å². The highest BCUT2D eigenvalue weighted by Gasteiger charge is 2.31. The number of methoxy groups -OCH3 is 1. The average molecular weight is 532 g/mol. The number of nitrogens with one attached hydrogen (secondary N) is 2. The summed E-state index contributed by atoms with van der Waals surface area (Å²) in [6.45, 7) is 3.98. The first-order chi connectivity index (χ1) is 17.1. The molecule has 9 nitrogen and oxygen atoms in total. The van der Waals surface area contributed by atoms with E-state index in [1.54, 1.807) is 12.1 Å². The van der Waals surface area contributed by atoms with Crippen molar-refractivity contribution in [1.29, 1.82) is 0 Å². The largest absolute Gasteiger partial charge is 0.468 e. The van der Waals surface area contributed by atoms with Gasteiger partial charge in [-0.15, -0.1) is 11.3 Å². The normalized spacial score (nSPS) is 13.0. The predicted molar refractivity (Wildman–Crippen MR) is 138 cm³/mol. The minimum Gasteiger partial charge on any atom is -0.468 e. The molecule has 3 N–H and O–H groups in total. The number of rotatable bonds is 11. The van der Waals surface area contributed by atoms with Crippen molar-refractivity contribution in [3.63, 3.8) is 0 Å². The van der Waals surface area contributed by atoms with E-state index in [9.17, 15) is 18.0 Å². The number of benzene rings is 2. The number of esters is 1. The molecule has 192 valence electrons. The zero-order valence-corrected chi connectivity index (χ0v) is 21.9. The number of amides is 1. The highest BCUT2D eigenvalue weighted by atomic mass is 32.2. The second-order valence-electron chi connectivity index (χ2n) is 8.21. The van der Waals surface area contributed by atoms with Crippen LogP contribution in [0.2, 0.25) is 0 Å². The summed E-state index contributed by atoms with van der Waals surface area (Å²) in [4.78, 5) is 31.6. The molecular formula is C25H29N3O6S2. The Hall–Kier alpha value is -3.28. The number of nitrogens with zero attached hydrogens (tertiary/aromatic N) is 1. The minimum atomic E-state index is -4.38. The molecule has 11 heteroatoms. The van der Waals surface area contributed by atoms with E-state index in [1.165, 1.54) is 30.6 Å². The van der Waals surface area contributed by atoms with Gasteiger partial charge in [0.1, 0.15) is 10.9 Å². The zero-order chi connectivity index (χ0) is 26.3. The van der Waals surface area contributed by atoms with Crippen LogP contribution < -0.4 is 10.0 Å².